The number of rotatable bonds is 6. The molecule has 2 aliphatic rings. The summed E-state index contributed by atoms with van der Waals surface area (Å²) in [5, 5.41) is 11.7. The summed E-state index contributed by atoms with van der Waals surface area (Å²) in [5.74, 6) is 0.000892. The molecule has 5 rings (SSSR count). The summed E-state index contributed by atoms with van der Waals surface area (Å²) < 4.78 is 7.45. The zero-order chi connectivity index (χ0) is 21.8. The van der Waals surface area contributed by atoms with Crippen molar-refractivity contribution in [1.29, 1.82) is 0 Å². The van der Waals surface area contributed by atoms with Gasteiger partial charge in [-0.15, -0.1) is 5.10 Å². The van der Waals surface area contributed by atoms with Crippen molar-refractivity contribution >= 4 is 16.9 Å². The maximum Gasteiger partial charge on any atom is 0.251 e. The van der Waals surface area contributed by atoms with Crippen molar-refractivity contribution in [2.45, 2.75) is 44.2 Å². The van der Waals surface area contributed by atoms with Crippen LogP contribution in [0.4, 0.5) is 0 Å². The van der Waals surface area contributed by atoms with E-state index in [0.29, 0.717) is 18.7 Å². The van der Waals surface area contributed by atoms with Gasteiger partial charge in [0.05, 0.1) is 25.3 Å². The Bertz CT molecular complexity index is 1050. The number of nitrogens with zero attached hydrogens (tertiary/aromatic N) is 4. The van der Waals surface area contributed by atoms with Crippen LogP contribution in [0.3, 0.4) is 0 Å². The van der Waals surface area contributed by atoms with Crippen molar-refractivity contribution in [2.75, 3.05) is 32.8 Å². The van der Waals surface area contributed by atoms with Crippen LogP contribution >= 0.6 is 0 Å². The zero-order valence-electron chi connectivity index (χ0n) is 18.5. The molecule has 0 unspecified atom stereocenters. The van der Waals surface area contributed by atoms with Gasteiger partial charge in [-0.25, -0.2) is 4.68 Å². The molecule has 1 amide bonds. The van der Waals surface area contributed by atoms with Crippen LogP contribution in [-0.2, 0) is 11.3 Å². The fraction of sp³-hybridized carbons (Fsp3) is 0.480. The van der Waals surface area contributed by atoms with Crippen LogP contribution in [0.25, 0.3) is 11.0 Å². The number of nitrogens with one attached hydrogen (secondary N) is 1. The van der Waals surface area contributed by atoms with Crippen LogP contribution in [0.15, 0.2) is 48.5 Å². The van der Waals surface area contributed by atoms with Crippen LogP contribution in [-0.4, -0.2) is 64.2 Å². The third kappa shape index (κ3) is 4.40. The van der Waals surface area contributed by atoms with E-state index >= 15 is 0 Å². The second kappa shape index (κ2) is 9.38. The van der Waals surface area contributed by atoms with Crippen molar-refractivity contribution in [1.82, 2.24) is 25.2 Å². The molecule has 1 N–H and O–H groups in total. The van der Waals surface area contributed by atoms with Gasteiger partial charge in [-0.3, -0.25) is 9.69 Å². The minimum atomic E-state index is 0.000892. The molecule has 1 aliphatic heterocycles. The average molecular weight is 434 g/mol. The Balaban J connectivity index is 1.23. The van der Waals surface area contributed by atoms with Crippen molar-refractivity contribution in [2.24, 2.45) is 0 Å². The van der Waals surface area contributed by atoms with Gasteiger partial charge in [-0.2, -0.15) is 0 Å². The summed E-state index contributed by atoms with van der Waals surface area (Å²) in [6.45, 7) is 4.83. The molecule has 0 radical (unpaired) electrons. The van der Waals surface area contributed by atoms with E-state index in [9.17, 15) is 4.79 Å². The van der Waals surface area contributed by atoms with Gasteiger partial charge in [0.2, 0.25) is 0 Å². The SMILES string of the molecule is O=C(NCC1(N2CCOCC2)CCCCC1)c1ccc(Cn2nnc3ccccc32)cc1. The highest BCUT2D eigenvalue weighted by Gasteiger charge is 2.38. The number of benzene rings is 2. The zero-order valence-corrected chi connectivity index (χ0v) is 18.5. The number of hydrogen-bond acceptors (Lipinski definition) is 5. The Morgan fingerprint density at radius 2 is 1.75 bits per heavy atom. The predicted molar refractivity (Wildman–Crippen MR) is 124 cm³/mol. The summed E-state index contributed by atoms with van der Waals surface area (Å²) in [6, 6.07) is 15.8. The first-order valence-electron chi connectivity index (χ1n) is 11.7. The van der Waals surface area contributed by atoms with E-state index in [1.807, 2.05) is 53.2 Å². The van der Waals surface area contributed by atoms with E-state index in [2.05, 4.69) is 20.5 Å². The third-order valence-corrected chi connectivity index (χ3v) is 7.01. The van der Waals surface area contributed by atoms with Gasteiger partial charge < -0.3 is 10.1 Å². The topological polar surface area (TPSA) is 72.3 Å². The molecule has 0 spiro atoms. The fourth-order valence-corrected chi connectivity index (χ4v) is 5.17. The van der Waals surface area contributed by atoms with E-state index < -0.39 is 0 Å². The maximum atomic E-state index is 12.9. The number of ether oxygens (including phenoxy) is 1. The first-order valence-corrected chi connectivity index (χ1v) is 11.7. The number of para-hydroxylation sites is 1. The van der Waals surface area contributed by atoms with Gasteiger partial charge >= 0.3 is 0 Å². The molecular weight excluding hydrogens is 402 g/mol. The van der Waals surface area contributed by atoms with Gasteiger partial charge in [0.1, 0.15) is 5.52 Å². The third-order valence-electron chi connectivity index (χ3n) is 7.01. The van der Waals surface area contributed by atoms with Gasteiger partial charge in [-0.1, -0.05) is 48.7 Å². The second-order valence-corrected chi connectivity index (χ2v) is 9.00. The molecule has 2 heterocycles. The lowest BCUT2D eigenvalue weighted by Gasteiger charge is -2.48. The molecule has 3 aromatic rings. The number of amides is 1. The fourth-order valence-electron chi connectivity index (χ4n) is 5.17. The number of carbonyl (C=O) groups is 1. The first-order chi connectivity index (χ1) is 15.7. The molecule has 7 nitrogen and oxygen atoms in total. The molecule has 2 fully saturated rings. The standard InChI is InChI=1S/C25H31N5O2/c31-24(26-19-25(12-4-1-5-13-25)29-14-16-32-17-15-29)21-10-8-20(9-11-21)18-30-23-7-3-2-6-22(23)27-28-30/h2-3,6-11H,1,4-5,12-19H2,(H,26,31). The lowest BCUT2D eigenvalue weighted by molar-refractivity contribution is -0.0361. The Kier molecular flexibility index (Phi) is 6.19. The van der Waals surface area contributed by atoms with Crippen molar-refractivity contribution in [3.8, 4) is 0 Å². The van der Waals surface area contributed by atoms with E-state index in [0.717, 1.165) is 55.7 Å². The van der Waals surface area contributed by atoms with Crippen molar-refractivity contribution < 1.29 is 9.53 Å². The minimum absolute atomic E-state index is 0.000892. The second-order valence-electron chi connectivity index (χ2n) is 9.00. The van der Waals surface area contributed by atoms with Crippen molar-refractivity contribution in [3.63, 3.8) is 0 Å². The quantitative estimate of drug-likeness (QED) is 0.646. The number of aromatic nitrogens is 3. The predicted octanol–water partition coefficient (Wildman–Crippen LogP) is 3.24. The molecule has 0 bridgehead atoms. The van der Waals surface area contributed by atoms with E-state index in [4.69, 9.17) is 4.74 Å². The Morgan fingerprint density at radius 3 is 2.53 bits per heavy atom. The van der Waals surface area contributed by atoms with E-state index in [1.165, 1.54) is 19.3 Å². The maximum absolute atomic E-state index is 12.9. The highest BCUT2D eigenvalue weighted by atomic mass is 16.5. The van der Waals surface area contributed by atoms with Gasteiger partial charge in [-0.05, 0) is 42.7 Å². The molecule has 0 atom stereocenters. The molecular formula is C25H31N5O2. The van der Waals surface area contributed by atoms with Crippen LogP contribution in [0, 0.1) is 0 Å². The molecule has 1 saturated carbocycles. The smallest absolute Gasteiger partial charge is 0.251 e. The highest BCUT2D eigenvalue weighted by molar-refractivity contribution is 5.94. The molecule has 32 heavy (non-hydrogen) atoms. The van der Waals surface area contributed by atoms with E-state index in [-0.39, 0.29) is 11.4 Å². The normalized spacial score (nSPS) is 19.1. The monoisotopic (exact) mass is 433 g/mol. The van der Waals surface area contributed by atoms with Gasteiger partial charge in [0.15, 0.2) is 0 Å². The number of hydrogen-bond donors (Lipinski definition) is 1. The lowest BCUT2D eigenvalue weighted by Crippen LogP contribution is -2.59. The summed E-state index contributed by atoms with van der Waals surface area (Å²) in [5.41, 5.74) is 3.77. The molecule has 7 heteroatoms. The van der Waals surface area contributed by atoms with Crippen LogP contribution in [0.5, 0.6) is 0 Å². The molecule has 2 aromatic carbocycles. The van der Waals surface area contributed by atoms with Gasteiger partial charge in [0, 0.05) is 30.7 Å². The summed E-state index contributed by atoms with van der Waals surface area (Å²) in [4.78, 5) is 15.5. The molecule has 1 saturated heterocycles. The van der Waals surface area contributed by atoms with Crippen LogP contribution in [0.1, 0.15) is 48.0 Å². The lowest BCUT2D eigenvalue weighted by atomic mass is 9.79. The van der Waals surface area contributed by atoms with E-state index in [1.54, 1.807) is 0 Å². The Labute approximate surface area is 188 Å². The highest BCUT2D eigenvalue weighted by Crippen LogP contribution is 2.34. The Hall–Kier alpha value is -2.77. The average Bonchev–Trinajstić information content (AvgIpc) is 3.27. The summed E-state index contributed by atoms with van der Waals surface area (Å²) >= 11 is 0. The number of fused-ring (bicyclic) bond motifs is 1. The first kappa shape index (κ1) is 21.1. The van der Waals surface area contributed by atoms with Crippen LogP contribution in [0.2, 0.25) is 0 Å². The Morgan fingerprint density at radius 1 is 1.00 bits per heavy atom. The summed E-state index contributed by atoms with van der Waals surface area (Å²) in [6.07, 6.45) is 6.07. The number of carbonyl (C=O) groups excluding carboxylic acids is 1. The van der Waals surface area contributed by atoms with Crippen LogP contribution < -0.4 is 5.32 Å². The molecule has 168 valence electrons. The number of morpholine rings is 1. The minimum Gasteiger partial charge on any atom is -0.379 e. The molecule has 1 aliphatic carbocycles. The van der Waals surface area contributed by atoms with Gasteiger partial charge in [0.25, 0.3) is 5.91 Å². The largest absolute Gasteiger partial charge is 0.379 e. The van der Waals surface area contributed by atoms with Crippen molar-refractivity contribution in [3.05, 3.63) is 59.7 Å². The summed E-state index contributed by atoms with van der Waals surface area (Å²) in [7, 11) is 0. The molecule has 1 aromatic heterocycles.